The SMILES string of the molecule is Cc1cc(Cl)ccc1OCCC[C@H](O)CN. The molecule has 3 nitrogen and oxygen atoms in total. The number of aliphatic hydroxyl groups is 1. The molecule has 4 heteroatoms. The number of aliphatic hydroxyl groups excluding tert-OH is 1. The monoisotopic (exact) mass is 243 g/mol. The van der Waals surface area contributed by atoms with Crippen molar-refractivity contribution in [2.45, 2.75) is 25.9 Å². The summed E-state index contributed by atoms with van der Waals surface area (Å²) in [5, 5.41) is 9.96. The van der Waals surface area contributed by atoms with Gasteiger partial charge in [0.1, 0.15) is 5.75 Å². The van der Waals surface area contributed by atoms with Gasteiger partial charge in [0.2, 0.25) is 0 Å². The molecule has 1 aromatic carbocycles. The molecule has 16 heavy (non-hydrogen) atoms. The van der Waals surface area contributed by atoms with E-state index in [-0.39, 0.29) is 0 Å². The Morgan fingerprint density at radius 2 is 2.25 bits per heavy atom. The maximum absolute atomic E-state index is 9.25. The molecule has 0 fully saturated rings. The lowest BCUT2D eigenvalue weighted by Gasteiger charge is -2.10. The van der Waals surface area contributed by atoms with Crippen molar-refractivity contribution in [3.63, 3.8) is 0 Å². The summed E-state index contributed by atoms with van der Waals surface area (Å²) < 4.78 is 5.58. The summed E-state index contributed by atoms with van der Waals surface area (Å²) in [7, 11) is 0. The average molecular weight is 244 g/mol. The lowest BCUT2D eigenvalue weighted by molar-refractivity contribution is 0.160. The summed E-state index contributed by atoms with van der Waals surface area (Å²) in [5.41, 5.74) is 6.32. The summed E-state index contributed by atoms with van der Waals surface area (Å²) in [6, 6.07) is 5.53. The van der Waals surface area contributed by atoms with Gasteiger partial charge in [0.15, 0.2) is 0 Å². The van der Waals surface area contributed by atoms with Gasteiger partial charge in [0.05, 0.1) is 12.7 Å². The van der Waals surface area contributed by atoms with Gasteiger partial charge in [-0.2, -0.15) is 0 Å². The molecule has 0 spiro atoms. The molecule has 1 aromatic rings. The summed E-state index contributed by atoms with van der Waals surface area (Å²) in [6.07, 6.45) is 1.04. The van der Waals surface area contributed by atoms with Gasteiger partial charge in [-0.3, -0.25) is 0 Å². The lowest BCUT2D eigenvalue weighted by atomic mass is 10.2. The molecule has 0 amide bonds. The molecule has 0 aromatic heterocycles. The average Bonchev–Trinajstić information content (AvgIpc) is 2.26. The molecule has 1 atom stereocenters. The van der Waals surface area contributed by atoms with Gasteiger partial charge in [0.25, 0.3) is 0 Å². The van der Waals surface area contributed by atoms with E-state index in [0.717, 1.165) is 17.7 Å². The Labute approximate surface area is 101 Å². The Morgan fingerprint density at radius 3 is 2.88 bits per heavy atom. The first kappa shape index (κ1) is 13.3. The van der Waals surface area contributed by atoms with Crippen LogP contribution in [0.1, 0.15) is 18.4 Å². The molecule has 0 unspecified atom stereocenters. The summed E-state index contributed by atoms with van der Waals surface area (Å²) in [5.74, 6) is 0.839. The summed E-state index contributed by atoms with van der Waals surface area (Å²) in [4.78, 5) is 0. The highest BCUT2D eigenvalue weighted by Gasteiger charge is 2.02. The summed E-state index contributed by atoms with van der Waals surface area (Å²) >= 11 is 5.84. The van der Waals surface area contributed by atoms with Crippen LogP contribution in [0.5, 0.6) is 5.75 Å². The number of ether oxygens (including phenoxy) is 1. The highest BCUT2D eigenvalue weighted by atomic mass is 35.5. The van der Waals surface area contributed by atoms with Gasteiger partial charge in [-0.05, 0) is 43.5 Å². The number of hydrogen-bond donors (Lipinski definition) is 2. The van der Waals surface area contributed by atoms with Crippen molar-refractivity contribution >= 4 is 11.6 Å². The molecule has 0 saturated carbocycles. The molecule has 0 heterocycles. The van der Waals surface area contributed by atoms with Crippen molar-refractivity contribution < 1.29 is 9.84 Å². The predicted molar refractivity (Wildman–Crippen MR) is 66.0 cm³/mol. The molecule has 0 bridgehead atoms. The van der Waals surface area contributed by atoms with Gasteiger partial charge >= 0.3 is 0 Å². The van der Waals surface area contributed by atoms with E-state index in [4.69, 9.17) is 22.1 Å². The van der Waals surface area contributed by atoms with Gasteiger partial charge < -0.3 is 15.6 Å². The quantitative estimate of drug-likeness (QED) is 0.753. The van der Waals surface area contributed by atoms with Crippen LogP contribution in [-0.4, -0.2) is 24.4 Å². The molecular formula is C12H18ClNO2. The largest absolute Gasteiger partial charge is 0.493 e. The van der Waals surface area contributed by atoms with Crippen molar-refractivity contribution in [3.05, 3.63) is 28.8 Å². The fourth-order valence-corrected chi connectivity index (χ4v) is 1.62. The fraction of sp³-hybridized carbons (Fsp3) is 0.500. The van der Waals surface area contributed by atoms with E-state index in [9.17, 15) is 5.11 Å². The van der Waals surface area contributed by atoms with E-state index in [1.807, 2.05) is 19.1 Å². The molecule has 0 radical (unpaired) electrons. The molecule has 0 aliphatic rings. The first-order valence-corrected chi connectivity index (χ1v) is 5.78. The molecule has 0 aliphatic heterocycles. The predicted octanol–water partition coefficient (Wildman–Crippen LogP) is 2.13. The third kappa shape index (κ3) is 4.39. The third-order valence-corrected chi connectivity index (χ3v) is 2.58. The molecule has 0 saturated heterocycles. The second kappa shape index (κ2) is 6.74. The number of benzene rings is 1. The van der Waals surface area contributed by atoms with Crippen LogP contribution in [0.2, 0.25) is 5.02 Å². The summed E-state index contributed by atoms with van der Waals surface area (Å²) in [6.45, 7) is 2.84. The first-order chi connectivity index (χ1) is 7.63. The second-order valence-electron chi connectivity index (χ2n) is 3.79. The number of rotatable bonds is 6. The molecule has 90 valence electrons. The maximum atomic E-state index is 9.25. The highest BCUT2D eigenvalue weighted by molar-refractivity contribution is 6.30. The third-order valence-electron chi connectivity index (χ3n) is 2.35. The van der Waals surface area contributed by atoms with Crippen LogP contribution in [0.4, 0.5) is 0 Å². The number of halogens is 1. The number of hydrogen-bond acceptors (Lipinski definition) is 3. The van der Waals surface area contributed by atoms with E-state index < -0.39 is 6.10 Å². The van der Waals surface area contributed by atoms with Crippen LogP contribution in [0, 0.1) is 6.92 Å². The van der Waals surface area contributed by atoms with Gasteiger partial charge in [-0.15, -0.1) is 0 Å². The van der Waals surface area contributed by atoms with Crippen molar-refractivity contribution in [3.8, 4) is 5.75 Å². The van der Waals surface area contributed by atoms with Crippen molar-refractivity contribution in [2.24, 2.45) is 5.73 Å². The van der Waals surface area contributed by atoms with Crippen LogP contribution in [0.25, 0.3) is 0 Å². The molecule has 0 aliphatic carbocycles. The Bertz CT molecular complexity index is 331. The van der Waals surface area contributed by atoms with Crippen LogP contribution in [0.3, 0.4) is 0 Å². The lowest BCUT2D eigenvalue weighted by Crippen LogP contribution is -2.20. The molecular weight excluding hydrogens is 226 g/mol. The van der Waals surface area contributed by atoms with E-state index in [1.165, 1.54) is 0 Å². The van der Waals surface area contributed by atoms with Crippen LogP contribution < -0.4 is 10.5 Å². The minimum Gasteiger partial charge on any atom is -0.493 e. The minimum absolute atomic E-state index is 0.306. The maximum Gasteiger partial charge on any atom is 0.122 e. The van der Waals surface area contributed by atoms with Gasteiger partial charge in [-0.1, -0.05) is 11.6 Å². The second-order valence-corrected chi connectivity index (χ2v) is 4.23. The molecule has 1 rings (SSSR count). The highest BCUT2D eigenvalue weighted by Crippen LogP contribution is 2.21. The zero-order valence-corrected chi connectivity index (χ0v) is 10.2. The fourth-order valence-electron chi connectivity index (χ4n) is 1.39. The van der Waals surface area contributed by atoms with Crippen LogP contribution in [0.15, 0.2) is 18.2 Å². The number of nitrogens with two attached hydrogens (primary N) is 1. The van der Waals surface area contributed by atoms with Crippen molar-refractivity contribution in [1.29, 1.82) is 0 Å². The van der Waals surface area contributed by atoms with Gasteiger partial charge in [-0.25, -0.2) is 0 Å². The van der Waals surface area contributed by atoms with Crippen molar-refractivity contribution in [1.82, 2.24) is 0 Å². The normalized spacial score (nSPS) is 12.5. The Balaban J connectivity index is 2.32. The first-order valence-electron chi connectivity index (χ1n) is 5.40. The Morgan fingerprint density at radius 1 is 1.50 bits per heavy atom. The Hall–Kier alpha value is -0.770. The van der Waals surface area contributed by atoms with Crippen LogP contribution in [-0.2, 0) is 0 Å². The number of aryl methyl sites for hydroxylation is 1. The topological polar surface area (TPSA) is 55.5 Å². The van der Waals surface area contributed by atoms with Crippen LogP contribution >= 0.6 is 11.6 Å². The van der Waals surface area contributed by atoms with E-state index in [0.29, 0.717) is 24.6 Å². The van der Waals surface area contributed by atoms with E-state index >= 15 is 0 Å². The molecule has 3 N–H and O–H groups in total. The van der Waals surface area contributed by atoms with Gasteiger partial charge in [0, 0.05) is 11.6 Å². The minimum atomic E-state index is -0.421. The van der Waals surface area contributed by atoms with Crippen molar-refractivity contribution in [2.75, 3.05) is 13.2 Å². The zero-order valence-electron chi connectivity index (χ0n) is 9.45. The Kier molecular flexibility index (Phi) is 5.60. The van der Waals surface area contributed by atoms with E-state index in [1.54, 1.807) is 6.07 Å². The van der Waals surface area contributed by atoms with E-state index in [2.05, 4.69) is 0 Å². The standard InChI is InChI=1S/C12H18ClNO2/c1-9-7-10(13)4-5-12(9)16-6-2-3-11(15)8-14/h4-5,7,11,15H,2-3,6,8,14H2,1H3/t11-/m0/s1. The smallest absolute Gasteiger partial charge is 0.122 e. The zero-order chi connectivity index (χ0) is 12.0.